The van der Waals surface area contributed by atoms with E-state index in [9.17, 15) is 4.79 Å². The highest BCUT2D eigenvalue weighted by atomic mass is 32.2. The van der Waals surface area contributed by atoms with Crippen molar-refractivity contribution in [1.82, 2.24) is 10.2 Å². The van der Waals surface area contributed by atoms with E-state index in [2.05, 4.69) is 15.2 Å². The first kappa shape index (κ1) is 15.7. The van der Waals surface area contributed by atoms with E-state index in [0.29, 0.717) is 24.6 Å². The minimum absolute atomic E-state index is 0.0411. The van der Waals surface area contributed by atoms with Crippen LogP contribution >= 0.6 is 11.8 Å². The molecular weight excluding hydrogens is 284 g/mol. The highest BCUT2D eigenvalue weighted by Crippen LogP contribution is 2.08. The standard InChI is InChI=1S/C15H22N4OS/c16-15(19-9-11-21-12-10-19)18-8-4-7-17-14(20)13-5-2-1-3-6-13/h1-3,5-6H,4,7-12H2,(H2,16,18)(H,17,20). The van der Waals surface area contributed by atoms with Crippen molar-refractivity contribution in [3.63, 3.8) is 0 Å². The third kappa shape index (κ3) is 5.30. The highest BCUT2D eigenvalue weighted by molar-refractivity contribution is 7.99. The van der Waals surface area contributed by atoms with Crippen LogP contribution in [0.2, 0.25) is 0 Å². The molecule has 1 aliphatic heterocycles. The van der Waals surface area contributed by atoms with Gasteiger partial charge in [0.2, 0.25) is 0 Å². The smallest absolute Gasteiger partial charge is 0.251 e. The first-order valence-corrected chi connectivity index (χ1v) is 8.38. The number of carbonyl (C=O) groups excluding carboxylic acids is 1. The summed E-state index contributed by atoms with van der Waals surface area (Å²) < 4.78 is 0. The zero-order valence-electron chi connectivity index (χ0n) is 12.1. The zero-order valence-corrected chi connectivity index (χ0v) is 12.9. The van der Waals surface area contributed by atoms with Gasteiger partial charge in [-0.05, 0) is 18.6 Å². The van der Waals surface area contributed by atoms with E-state index < -0.39 is 0 Å². The lowest BCUT2D eigenvalue weighted by atomic mass is 10.2. The van der Waals surface area contributed by atoms with Crippen LogP contribution in [0.3, 0.4) is 0 Å². The van der Waals surface area contributed by atoms with Crippen LogP contribution in [0.1, 0.15) is 16.8 Å². The van der Waals surface area contributed by atoms with Crippen molar-refractivity contribution in [3.05, 3.63) is 35.9 Å². The molecule has 0 aliphatic carbocycles. The average Bonchev–Trinajstić information content (AvgIpc) is 2.55. The van der Waals surface area contributed by atoms with Crippen molar-refractivity contribution >= 4 is 23.6 Å². The number of hydrogen-bond donors (Lipinski definition) is 2. The molecule has 1 aromatic rings. The number of aliphatic imine (C=N–C) groups is 1. The molecule has 1 fully saturated rings. The summed E-state index contributed by atoms with van der Waals surface area (Å²) in [6.45, 7) is 3.21. The monoisotopic (exact) mass is 306 g/mol. The van der Waals surface area contributed by atoms with Gasteiger partial charge in [0.25, 0.3) is 5.91 Å². The quantitative estimate of drug-likeness (QED) is 0.487. The Kier molecular flexibility index (Phi) is 6.40. The second-order valence-electron chi connectivity index (χ2n) is 4.81. The number of nitrogens with two attached hydrogens (primary N) is 1. The number of carbonyl (C=O) groups is 1. The fourth-order valence-corrected chi connectivity index (χ4v) is 2.96. The molecule has 0 atom stereocenters. The molecule has 0 saturated carbocycles. The van der Waals surface area contributed by atoms with E-state index in [0.717, 1.165) is 31.0 Å². The van der Waals surface area contributed by atoms with Gasteiger partial charge in [0.15, 0.2) is 5.96 Å². The van der Waals surface area contributed by atoms with E-state index in [-0.39, 0.29) is 5.91 Å². The van der Waals surface area contributed by atoms with Crippen LogP contribution in [0, 0.1) is 0 Å². The van der Waals surface area contributed by atoms with Gasteiger partial charge in [0.05, 0.1) is 0 Å². The topological polar surface area (TPSA) is 70.7 Å². The summed E-state index contributed by atoms with van der Waals surface area (Å²) in [6, 6.07) is 9.22. The molecule has 0 bridgehead atoms. The Balaban J connectivity index is 1.64. The van der Waals surface area contributed by atoms with Gasteiger partial charge < -0.3 is 16.0 Å². The van der Waals surface area contributed by atoms with Crippen molar-refractivity contribution in [3.8, 4) is 0 Å². The fraction of sp³-hybridized carbons (Fsp3) is 0.467. The Hall–Kier alpha value is -1.69. The van der Waals surface area contributed by atoms with Crippen LogP contribution in [-0.2, 0) is 0 Å². The van der Waals surface area contributed by atoms with Crippen molar-refractivity contribution in [1.29, 1.82) is 0 Å². The second kappa shape index (κ2) is 8.56. The Labute approximate surface area is 130 Å². The van der Waals surface area contributed by atoms with Crippen molar-refractivity contribution in [2.75, 3.05) is 37.7 Å². The Bertz CT molecular complexity index is 472. The summed E-state index contributed by atoms with van der Waals surface area (Å²) in [5.74, 6) is 2.82. The summed E-state index contributed by atoms with van der Waals surface area (Å²) in [5, 5.41) is 2.89. The lowest BCUT2D eigenvalue weighted by Crippen LogP contribution is -2.42. The van der Waals surface area contributed by atoms with Gasteiger partial charge in [0, 0.05) is 43.2 Å². The minimum Gasteiger partial charge on any atom is -0.370 e. The van der Waals surface area contributed by atoms with E-state index in [1.165, 1.54) is 0 Å². The Morgan fingerprint density at radius 2 is 2.00 bits per heavy atom. The molecule has 5 nitrogen and oxygen atoms in total. The van der Waals surface area contributed by atoms with Gasteiger partial charge in [-0.15, -0.1) is 0 Å². The molecular formula is C15H22N4OS. The SMILES string of the molecule is NC(=NCCCNC(=O)c1ccccc1)N1CCSCC1. The lowest BCUT2D eigenvalue weighted by molar-refractivity contribution is 0.0953. The Morgan fingerprint density at radius 1 is 1.29 bits per heavy atom. The van der Waals surface area contributed by atoms with Gasteiger partial charge in [-0.3, -0.25) is 9.79 Å². The van der Waals surface area contributed by atoms with Gasteiger partial charge in [-0.2, -0.15) is 11.8 Å². The molecule has 3 N–H and O–H groups in total. The Morgan fingerprint density at radius 3 is 2.71 bits per heavy atom. The zero-order chi connectivity index (χ0) is 14.9. The van der Waals surface area contributed by atoms with Gasteiger partial charge in [-0.1, -0.05) is 18.2 Å². The number of benzene rings is 1. The molecule has 1 saturated heterocycles. The maximum atomic E-state index is 11.8. The second-order valence-corrected chi connectivity index (χ2v) is 6.04. The average molecular weight is 306 g/mol. The summed E-state index contributed by atoms with van der Waals surface area (Å²) in [4.78, 5) is 18.3. The first-order chi connectivity index (χ1) is 10.3. The highest BCUT2D eigenvalue weighted by Gasteiger charge is 2.11. The molecule has 6 heteroatoms. The van der Waals surface area contributed by atoms with Gasteiger partial charge >= 0.3 is 0 Å². The third-order valence-corrected chi connectivity index (χ3v) is 4.21. The molecule has 21 heavy (non-hydrogen) atoms. The number of hydrogen-bond acceptors (Lipinski definition) is 3. The van der Waals surface area contributed by atoms with Crippen LogP contribution in [-0.4, -0.2) is 54.5 Å². The normalized spacial score (nSPS) is 15.8. The number of thioether (sulfide) groups is 1. The van der Waals surface area contributed by atoms with Crippen LogP contribution in [0.4, 0.5) is 0 Å². The van der Waals surface area contributed by atoms with Crippen molar-refractivity contribution < 1.29 is 4.79 Å². The molecule has 114 valence electrons. The molecule has 0 radical (unpaired) electrons. The predicted molar refractivity (Wildman–Crippen MR) is 88.8 cm³/mol. The third-order valence-electron chi connectivity index (χ3n) is 3.27. The van der Waals surface area contributed by atoms with Crippen LogP contribution in [0.25, 0.3) is 0 Å². The van der Waals surface area contributed by atoms with Crippen molar-refractivity contribution in [2.45, 2.75) is 6.42 Å². The summed E-state index contributed by atoms with van der Waals surface area (Å²) >= 11 is 1.95. The van der Waals surface area contributed by atoms with Gasteiger partial charge in [0.1, 0.15) is 0 Å². The molecule has 1 aliphatic rings. The number of rotatable bonds is 5. The fourth-order valence-electron chi connectivity index (χ4n) is 2.06. The van der Waals surface area contributed by atoms with Crippen molar-refractivity contribution in [2.24, 2.45) is 10.7 Å². The molecule has 2 rings (SSSR count). The lowest BCUT2D eigenvalue weighted by Gasteiger charge is -2.27. The summed E-state index contributed by atoms with van der Waals surface area (Å²) in [6.07, 6.45) is 0.794. The van der Waals surface area contributed by atoms with E-state index >= 15 is 0 Å². The molecule has 1 amide bonds. The number of nitrogens with one attached hydrogen (secondary N) is 1. The maximum Gasteiger partial charge on any atom is 0.251 e. The molecule has 0 unspecified atom stereocenters. The number of amides is 1. The maximum absolute atomic E-state index is 11.8. The van der Waals surface area contributed by atoms with E-state index in [1.807, 2.05) is 30.0 Å². The predicted octanol–water partition coefficient (Wildman–Crippen LogP) is 1.17. The van der Waals surface area contributed by atoms with Crippen LogP contribution in [0.5, 0.6) is 0 Å². The number of nitrogens with zero attached hydrogens (tertiary/aromatic N) is 2. The molecule has 1 aromatic carbocycles. The van der Waals surface area contributed by atoms with Crippen LogP contribution in [0.15, 0.2) is 35.3 Å². The number of guanidine groups is 1. The molecule has 0 aromatic heterocycles. The van der Waals surface area contributed by atoms with E-state index in [4.69, 9.17) is 5.73 Å². The summed E-state index contributed by atoms with van der Waals surface area (Å²) in [5.41, 5.74) is 6.65. The minimum atomic E-state index is -0.0411. The molecule has 1 heterocycles. The largest absolute Gasteiger partial charge is 0.370 e. The van der Waals surface area contributed by atoms with E-state index in [1.54, 1.807) is 12.1 Å². The molecule has 0 spiro atoms. The van der Waals surface area contributed by atoms with Gasteiger partial charge in [-0.25, -0.2) is 0 Å². The first-order valence-electron chi connectivity index (χ1n) is 7.23. The van der Waals surface area contributed by atoms with Crippen LogP contribution < -0.4 is 11.1 Å². The summed E-state index contributed by atoms with van der Waals surface area (Å²) in [7, 11) is 0.